The standard InChI is InChI=1S/C13H18N4/c14-11-3-6-17(7-4-11)9-10-8-16-13-12(10)2-1-5-15-13/h1-2,5,8,11H,3-4,6-7,9,14H2,(H,15,16). The van der Waals surface area contributed by atoms with Gasteiger partial charge in [0, 0.05) is 30.4 Å². The molecule has 0 bridgehead atoms. The number of piperidine rings is 1. The molecule has 0 aromatic carbocycles. The number of fused-ring (bicyclic) bond motifs is 1. The van der Waals surface area contributed by atoms with Crippen molar-refractivity contribution in [2.75, 3.05) is 13.1 Å². The lowest BCUT2D eigenvalue weighted by atomic mass is 10.1. The van der Waals surface area contributed by atoms with Crippen LogP contribution in [0.3, 0.4) is 0 Å². The van der Waals surface area contributed by atoms with Gasteiger partial charge in [-0.2, -0.15) is 0 Å². The topological polar surface area (TPSA) is 57.9 Å². The molecule has 4 heteroatoms. The maximum Gasteiger partial charge on any atom is 0.137 e. The van der Waals surface area contributed by atoms with Crippen molar-refractivity contribution < 1.29 is 0 Å². The molecule has 0 spiro atoms. The second kappa shape index (κ2) is 4.47. The average Bonchev–Trinajstić information content (AvgIpc) is 2.76. The van der Waals surface area contributed by atoms with E-state index >= 15 is 0 Å². The Labute approximate surface area is 101 Å². The summed E-state index contributed by atoms with van der Waals surface area (Å²) in [5.41, 5.74) is 8.24. The van der Waals surface area contributed by atoms with Crippen molar-refractivity contribution in [3.63, 3.8) is 0 Å². The summed E-state index contributed by atoms with van der Waals surface area (Å²) in [5.74, 6) is 0. The van der Waals surface area contributed by atoms with Crippen LogP contribution in [0.2, 0.25) is 0 Å². The second-order valence-electron chi connectivity index (χ2n) is 4.83. The van der Waals surface area contributed by atoms with Gasteiger partial charge in [0.2, 0.25) is 0 Å². The molecule has 4 nitrogen and oxygen atoms in total. The lowest BCUT2D eigenvalue weighted by molar-refractivity contribution is 0.206. The summed E-state index contributed by atoms with van der Waals surface area (Å²) >= 11 is 0. The highest BCUT2D eigenvalue weighted by molar-refractivity contribution is 5.79. The van der Waals surface area contributed by atoms with Gasteiger partial charge in [-0.05, 0) is 43.6 Å². The largest absolute Gasteiger partial charge is 0.346 e. The molecule has 17 heavy (non-hydrogen) atoms. The minimum Gasteiger partial charge on any atom is -0.346 e. The molecule has 3 heterocycles. The summed E-state index contributed by atoms with van der Waals surface area (Å²) in [6.07, 6.45) is 6.12. The average molecular weight is 230 g/mol. The molecule has 0 aliphatic carbocycles. The zero-order valence-electron chi connectivity index (χ0n) is 9.89. The van der Waals surface area contributed by atoms with Crippen molar-refractivity contribution in [1.82, 2.24) is 14.9 Å². The number of hydrogen-bond acceptors (Lipinski definition) is 3. The number of H-pyrrole nitrogens is 1. The molecule has 0 radical (unpaired) electrons. The molecule has 3 N–H and O–H groups in total. The molecule has 1 saturated heterocycles. The quantitative estimate of drug-likeness (QED) is 0.821. The Hall–Kier alpha value is -1.39. The van der Waals surface area contributed by atoms with Crippen LogP contribution in [-0.4, -0.2) is 34.0 Å². The van der Waals surface area contributed by atoms with Gasteiger partial charge >= 0.3 is 0 Å². The van der Waals surface area contributed by atoms with Crippen LogP contribution in [-0.2, 0) is 6.54 Å². The molecule has 0 unspecified atom stereocenters. The van der Waals surface area contributed by atoms with Crippen LogP contribution in [0.5, 0.6) is 0 Å². The first kappa shape index (κ1) is 10.7. The number of nitrogens with two attached hydrogens (primary N) is 1. The van der Waals surface area contributed by atoms with Crippen LogP contribution < -0.4 is 5.73 Å². The highest BCUT2D eigenvalue weighted by Gasteiger charge is 2.17. The molecule has 0 saturated carbocycles. The summed E-state index contributed by atoms with van der Waals surface area (Å²) < 4.78 is 0. The van der Waals surface area contributed by atoms with Crippen molar-refractivity contribution in [3.8, 4) is 0 Å². The molecule has 2 aromatic rings. The van der Waals surface area contributed by atoms with Crippen LogP contribution in [0.25, 0.3) is 11.0 Å². The van der Waals surface area contributed by atoms with Crippen LogP contribution >= 0.6 is 0 Å². The second-order valence-corrected chi connectivity index (χ2v) is 4.83. The van der Waals surface area contributed by atoms with E-state index in [2.05, 4.69) is 27.1 Å². The highest BCUT2D eigenvalue weighted by Crippen LogP contribution is 2.19. The van der Waals surface area contributed by atoms with Crippen LogP contribution in [0.15, 0.2) is 24.5 Å². The van der Waals surface area contributed by atoms with Gasteiger partial charge in [0.25, 0.3) is 0 Å². The third kappa shape index (κ3) is 2.18. The Morgan fingerprint density at radius 3 is 3.06 bits per heavy atom. The fourth-order valence-electron chi connectivity index (χ4n) is 2.50. The Morgan fingerprint density at radius 1 is 1.41 bits per heavy atom. The number of hydrogen-bond donors (Lipinski definition) is 2. The van der Waals surface area contributed by atoms with Gasteiger partial charge in [-0.1, -0.05) is 0 Å². The predicted octanol–water partition coefficient (Wildman–Crippen LogP) is 1.49. The Balaban J connectivity index is 1.76. The summed E-state index contributed by atoms with van der Waals surface area (Å²) in [4.78, 5) is 10.0. The fourth-order valence-corrected chi connectivity index (χ4v) is 2.50. The molecular weight excluding hydrogens is 212 g/mol. The van der Waals surface area contributed by atoms with Gasteiger partial charge in [0.1, 0.15) is 5.65 Å². The Morgan fingerprint density at radius 2 is 2.24 bits per heavy atom. The minimum atomic E-state index is 0.399. The number of pyridine rings is 1. The monoisotopic (exact) mass is 230 g/mol. The fraction of sp³-hybridized carbons (Fsp3) is 0.462. The summed E-state index contributed by atoms with van der Waals surface area (Å²) in [5, 5.41) is 1.24. The van der Waals surface area contributed by atoms with E-state index in [0.29, 0.717) is 6.04 Å². The Bertz CT molecular complexity index is 497. The molecule has 0 atom stereocenters. The maximum atomic E-state index is 5.92. The number of aromatic amines is 1. The van der Waals surface area contributed by atoms with Gasteiger partial charge in [0.15, 0.2) is 0 Å². The van der Waals surface area contributed by atoms with Crippen molar-refractivity contribution in [1.29, 1.82) is 0 Å². The van der Waals surface area contributed by atoms with Gasteiger partial charge in [0.05, 0.1) is 0 Å². The third-order valence-corrected chi connectivity index (χ3v) is 3.56. The molecule has 1 aliphatic heterocycles. The first-order valence-corrected chi connectivity index (χ1v) is 6.22. The predicted molar refractivity (Wildman–Crippen MR) is 68.6 cm³/mol. The molecule has 3 rings (SSSR count). The van der Waals surface area contributed by atoms with Crippen molar-refractivity contribution >= 4 is 11.0 Å². The molecule has 2 aromatic heterocycles. The van der Waals surface area contributed by atoms with E-state index in [4.69, 9.17) is 5.73 Å². The summed E-state index contributed by atoms with van der Waals surface area (Å²) in [6.45, 7) is 3.21. The van der Waals surface area contributed by atoms with Crippen LogP contribution in [0.4, 0.5) is 0 Å². The molecule has 90 valence electrons. The number of aromatic nitrogens is 2. The van der Waals surface area contributed by atoms with E-state index in [0.717, 1.165) is 38.1 Å². The molecular formula is C13H18N4. The minimum absolute atomic E-state index is 0.399. The lowest BCUT2D eigenvalue weighted by Crippen LogP contribution is -2.39. The van der Waals surface area contributed by atoms with Crippen molar-refractivity contribution in [3.05, 3.63) is 30.1 Å². The van der Waals surface area contributed by atoms with E-state index in [1.807, 2.05) is 12.3 Å². The first-order chi connectivity index (χ1) is 8.33. The van der Waals surface area contributed by atoms with Crippen molar-refractivity contribution in [2.45, 2.75) is 25.4 Å². The van der Waals surface area contributed by atoms with E-state index < -0.39 is 0 Å². The number of nitrogens with one attached hydrogen (secondary N) is 1. The molecule has 0 amide bonds. The van der Waals surface area contributed by atoms with Gasteiger partial charge < -0.3 is 10.7 Å². The first-order valence-electron chi connectivity index (χ1n) is 6.22. The van der Waals surface area contributed by atoms with E-state index in [-0.39, 0.29) is 0 Å². The van der Waals surface area contributed by atoms with Crippen LogP contribution in [0.1, 0.15) is 18.4 Å². The summed E-state index contributed by atoms with van der Waals surface area (Å²) in [6, 6.07) is 4.52. The number of rotatable bonds is 2. The van der Waals surface area contributed by atoms with E-state index in [9.17, 15) is 0 Å². The smallest absolute Gasteiger partial charge is 0.137 e. The number of likely N-dealkylation sites (tertiary alicyclic amines) is 1. The molecule has 1 fully saturated rings. The molecule has 1 aliphatic rings. The van der Waals surface area contributed by atoms with E-state index in [1.165, 1.54) is 10.9 Å². The van der Waals surface area contributed by atoms with Gasteiger partial charge in [-0.3, -0.25) is 4.90 Å². The summed E-state index contributed by atoms with van der Waals surface area (Å²) in [7, 11) is 0. The van der Waals surface area contributed by atoms with E-state index in [1.54, 1.807) is 0 Å². The highest BCUT2D eigenvalue weighted by atomic mass is 15.1. The Kier molecular flexibility index (Phi) is 2.82. The zero-order chi connectivity index (χ0) is 11.7. The maximum absolute atomic E-state index is 5.92. The number of nitrogens with zero attached hydrogens (tertiary/aromatic N) is 2. The SMILES string of the molecule is NC1CCN(Cc2c[nH]c3ncccc23)CC1. The zero-order valence-corrected chi connectivity index (χ0v) is 9.89. The normalized spacial score (nSPS) is 18.9. The van der Waals surface area contributed by atoms with Gasteiger partial charge in [-0.25, -0.2) is 4.98 Å². The van der Waals surface area contributed by atoms with Gasteiger partial charge in [-0.15, -0.1) is 0 Å². The van der Waals surface area contributed by atoms with Crippen molar-refractivity contribution in [2.24, 2.45) is 5.73 Å². The van der Waals surface area contributed by atoms with Crippen LogP contribution in [0, 0.1) is 0 Å². The lowest BCUT2D eigenvalue weighted by Gasteiger charge is -2.29. The third-order valence-electron chi connectivity index (χ3n) is 3.56.